The van der Waals surface area contributed by atoms with Crippen LogP contribution in [0.25, 0.3) is 11.1 Å². The molecule has 0 saturated carbocycles. The lowest BCUT2D eigenvalue weighted by molar-refractivity contribution is 0.0991. The van der Waals surface area contributed by atoms with Crippen LogP contribution in [0.15, 0.2) is 79.3 Å². The second-order valence-corrected chi connectivity index (χ2v) is 9.44. The Labute approximate surface area is 232 Å². The van der Waals surface area contributed by atoms with E-state index >= 15 is 0 Å². The Kier molecular flexibility index (Phi) is 7.80. The quantitative estimate of drug-likeness (QED) is 0.383. The van der Waals surface area contributed by atoms with Crippen LogP contribution in [0.4, 0.5) is 17.1 Å². The van der Waals surface area contributed by atoms with Gasteiger partial charge in [-0.25, -0.2) is 0 Å². The number of hydrogen-bond acceptors (Lipinski definition) is 7. The molecule has 3 heterocycles. The SMILES string of the molecule is Cc1ncc(NC(=O)c2cc(C#N)cc(N3CCOCC3)c2)cc1-c1ccc(C(=O)N(C)c2cccnc2)cc1. The zero-order valence-corrected chi connectivity index (χ0v) is 22.3. The van der Waals surface area contributed by atoms with Gasteiger partial charge in [-0.3, -0.25) is 19.6 Å². The number of amides is 2. The van der Waals surface area contributed by atoms with Crippen molar-refractivity contribution in [1.82, 2.24) is 9.97 Å². The Morgan fingerprint density at radius 2 is 1.80 bits per heavy atom. The van der Waals surface area contributed by atoms with Crippen LogP contribution >= 0.6 is 0 Å². The number of nitrogens with one attached hydrogen (secondary N) is 1. The van der Waals surface area contributed by atoms with E-state index in [2.05, 4.69) is 26.3 Å². The molecule has 0 spiro atoms. The summed E-state index contributed by atoms with van der Waals surface area (Å²) < 4.78 is 5.42. The Hall–Kier alpha value is -5.07. The molecule has 0 atom stereocenters. The molecule has 1 saturated heterocycles. The summed E-state index contributed by atoms with van der Waals surface area (Å²) in [5.74, 6) is -0.478. The van der Waals surface area contributed by atoms with Gasteiger partial charge in [-0.05, 0) is 61.0 Å². The van der Waals surface area contributed by atoms with Gasteiger partial charge < -0.3 is 19.9 Å². The summed E-state index contributed by atoms with van der Waals surface area (Å²) in [5.41, 5.74) is 5.88. The van der Waals surface area contributed by atoms with E-state index in [0.717, 1.165) is 22.5 Å². The lowest BCUT2D eigenvalue weighted by atomic mass is 10.0. The molecular formula is C31H28N6O3. The van der Waals surface area contributed by atoms with Crippen molar-refractivity contribution in [2.24, 2.45) is 0 Å². The van der Waals surface area contributed by atoms with Crippen LogP contribution < -0.4 is 15.1 Å². The molecule has 200 valence electrons. The lowest BCUT2D eigenvalue weighted by Gasteiger charge is -2.29. The minimum absolute atomic E-state index is 0.147. The number of pyridine rings is 2. The van der Waals surface area contributed by atoms with Crippen molar-refractivity contribution in [3.05, 3.63) is 102 Å². The minimum Gasteiger partial charge on any atom is -0.378 e. The first-order valence-electron chi connectivity index (χ1n) is 12.9. The Bertz CT molecular complexity index is 1580. The van der Waals surface area contributed by atoms with E-state index in [-0.39, 0.29) is 11.8 Å². The summed E-state index contributed by atoms with van der Waals surface area (Å²) in [5, 5.41) is 12.4. The lowest BCUT2D eigenvalue weighted by Crippen LogP contribution is -2.36. The number of ether oxygens (including phenoxy) is 1. The number of nitriles is 1. The molecular weight excluding hydrogens is 504 g/mol. The van der Waals surface area contributed by atoms with Crippen LogP contribution in [0, 0.1) is 18.3 Å². The molecule has 9 heteroatoms. The normalized spacial score (nSPS) is 12.9. The number of anilines is 3. The maximum atomic E-state index is 13.2. The number of benzene rings is 2. The van der Waals surface area contributed by atoms with Crippen molar-refractivity contribution >= 4 is 28.9 Å². The molecule has 0 unspecified atom stereocenters. The summed E-state index contributed by atoms with van der Waals surface area (Å²) >= 11 is 0. The predicted molar refractivity (Wildman–Crippen MR) is 154 cm³/mol. The minimum atomic E-state index is -0.331. The van der Waals surface area contributed by atoms with Crippen molar-refractivity contribution in [2.75, 3.05) is 48.5 Å². The summed E-state index contributed by atoms with van der Waals surface area (Å²) in [6.07, 6.45) is 4.91. The summed E-state index contributed by atoms with van der Waals surface area (Å²) in [7, 11) is 1.71. The second kappa shape index (κ2) is 11.8. The molecule has 5 rings (SSSR count). The topological polar surface area (TPSA) is 111 Å². The Morgan fingerprint density at radius 3 is 2.50 bits per heavy atom. The molecule has 1 fully saturated rings. The van der Waals surface area contributed by atoms with Crippen molar-refractivity contribution in [2.45, 2.75) is 6.92 Å². The number of rotatable bonds is 6. The van der Waals surface area contributed by atoms with Crippen LogP contribution in [0.2, 0.25) is 0 Å². The summed E-state index contributed by atoms with van der Waals surface area (Å²) in [4.78, 5) is 38.4. The van der Waals surface area contributed by atoms with Crippen LogP contribution in [0.1, 0.15) is 32.0 Å². The second-order valence-electron chi connectivity index (χ2n) is 9.44. The van der Waals surface area contributed by atoms with Gasteiger partial charge in [0.1, 0.15) is 0 Å². The molecule has 2 aromatic carbocycles. The highest BCUT2D eigenvalue weighted by molar-refractivity contribution is 6.06. The monoisotopic (exact) mass is 532 g/mol. The number of aromatic nitrogens is 2. The highest BCUT2D eigenvalue weighted by atomic mass is 16.5. The average Bonchev–Trinajstić information content (AvgIpc) is 3.02. The van der Waals surface area contributed by atoms with Gasteiger partial charge in [-0.15, -0.1) is 0 Å². The van der Waals surface area contributed by atoms with E-state index in [1.165, 1.54) is 0 Å². The number of carbonyl (C=O) groups is 2. The van der Waals surface area contributed by atoms with E-state index < -0.39 is 0 Å². The van der Waals surface area contributed by atoms with E-state index in [4.69, 9.17) is 4.74 Å². The van der Waals surface area contributed by atoms with E-state index in [1.807, 2.05) is 31.2 Å². The van der Waals surface area contributed by atoms with Crippen molar-refractivity contribution in [1.29, 1.82) is 5.26 Å². The zero-order valence-electron chi connectivity index (χ0n) is 22.3. The fourth-order valence-electron chi connectivity index (χ4n) is 4.56. The Morgan fingerprint density at radius 1 is 1.02 bits per heavy atom. The van der Waals surface area contributed by atoms with Crippen LogP contribution in [0.5, 0.6) is 0 Å². The molecule has 0 radical (unpaired) electrons. The molecule has 0 aliphatic carbocycles. The fourth-order valence-corrected chi connectivity index (χ4v) is 4.56. The molecule has 0 bridgehead atoms. The zero-order chi connectivity index (χ0) is 28.1. The van der Waals surface area contributed by atoms with Crippen LogP contribution in [-0.4, -0.2) is 55.1 Å². The Balaban J connectivity index is 1.34. The highest BCUT2D eigenvalue weighted by Gasteiger charge is 2.17. The first kappa shape index (κ1) is 26.5. The highest BCUT2D eigenvalue weighted by Crippen LogP contribution is 2.27. The van der Waals surface area contributed by atoms with Crippen LogP contribution in [-0.2, 0) is 4.74 Å². The molecule has 1 aliphatic heterocycles. The first-order valence-corrected chi connectivity index (χ1v) is 12.9. The van der Waals surface area contributed by atoms with Crippen LogP contribution in [0.3, 0.4) is 0 Å². The van der Waals surface area contributed by atoms with Gasteiger partial charge in [0.25, 0.3) is 11.8 Å². The fraction of sp³-hybridized carbons (Fsp3) is 0.194. The number of hydrogen-bond donors (Lipinski definition) is 1. The van der Waals surface area contributed by atoms with Crippen molar-refractivity contribution < 1.29 is 14.3 Å². The molecule has 2 aromatic heterocycles. The van der Waals surface area contributed by atoms with Gasteiger partial charge in [-0.1, -0.05) is 12.1 Å². The molecule has 4 aromatic rings. The smallest absolute Gasteiger partial charge is 0.258 e. The number of aryl methyl sites for hydroxylation is 1. The van der Waals surface area contributed by atoms with Gasteiger partial charge in [0.05, 0.1) is 48.6 Å². The van der Waals surface area contributed by atoms with E-state index in [0.29, 0.717) is 54.4 Å². The predicted octanol–water partition coefficient (Wildman–Crippen LogP) is 4.69. The molecule has 2 amide bonds. The standard InChI is InChI=1S/C31H28N6O3/c1-21-29(23-5-7-24(8-6-23)31(39)36(2)27-4-3-9-33-20-27)17-26(19-34-21)35-30(38)25-14-22(18-32)15-28(16-25)37-10-12-40-13-11-37/h3-9,14-17,19-20H,10-13H2,1-2H3,(H,35,38). The third-order valence-electron chi connectivity index (χ3n) is 6.81. The molecule has 1 aliphatic rings. The molecule has 1 N–H and O–H groups in total. The summed E-state index contributed by atoms with van der Waals surface area (Å²) in [6.45, 7) is 4.50. The number of morpholine rings is 1. The van der Waals surface area contributed by atoms with E-state index in [1.54, 1.807) is 66.9 Å². The van der Waals surface area contributed by atoms with Gasteiger partial charge in [0.2, 0.25) is 0 Å². The number of carbonyl (C=O) groups excluding carboxylic acids is 2. The number of nitrogens with zero attached hydrogens (tertiary/aromatic N) is 5. The first-order chi connectivity index (χ1) is 19.4. The van der Waals surface area contributed by atoms with Crippen molar-refractivity contribution in [3.63, 3.8) is 0 Å². The molecule has 40 heavy (non-hydrogen) atoms. The average molecular weight is 533 g/mol. The third-order valence-corrected chi connectivity index (χ3v) is 6.81. The van der Waals surface area contributed by atoms with Gasteiger partial charge in [-0.2, -0.15) is 5.26 Å². The maximum absolute atomic E-state index is 13.2. The van der Waals surface area contributed by atoms with Gasteiger partial charge >= 0.3 is 0 Å². The largest absolute Gasteiger partial charge is 0.378 e. The molecule has 9 nitrogen and oxygen atoms in total. The van der Waals surface area contributed by atoms with E-state index in [9.17, 15) is 14.9 Å². The maximum Gasteiger partial charge on any atom is 0.258 e. The van der Waals surface area contributed by atoms with Gasteiger partial charge in [0, 0.05) is 54.4 Å². The third kappa shape index (κ3) is 5.82. The van der Waals surface area contributed by atoms with Gasteiger partial charge in [0.15, 0.2) is 0 Å². The summed E-state index contributed by atoms with van der Waals surface area (Å²) in [6, 6.07) is 20.1. The van der Waals surface area contributed by atoms with Crippen molar-refractivity contribution in [3.8, 4) is 17.2 Å².